The summed E-state index contributed by atoms with van der Waals surface area (Å²) in [6, 6.07) is 0. The predicted molar refractivity (Wildman–Crippen MR) is 55.9 cm³/mol. The molecule has 1 aromatic heterocycles. The number of nitrogens with zero attached hydrogens (tertiary/aromatic N) is 1. The quantitative estimate of drug-likeness (QED) is 0.655. The molecule has 1 aliphatic carbocycles. The van der Waals surface area contributed by atoms with Gasteiger partial charge in [-0.15, -0.1) is 0 Å². The van der Waals surface area contributed by atoms with Crippen LogP contribution >= 0.6 is 0 Å². The Hall–Kier alpha value is -1.36. The number of carbonyl (C=O) groups is 1. The van der Waals surface area contributed by atoms with Crippen molar-refractivity contribution in [2.45, 2.75) is 26.3 Å². The Balaban J connectivity index is 1.89. The van der Waals surface area contributed by atoms with Crippen LogP contribution in [0.3, 0.4) is 0 Å². The largest absolute Gasteiger partial charge is 0.351 e. The molecule has 0 aliphatic heterocycles. The van der Waals surface area contributed by atoms with Crippen molar-refractivity contribution in [2.24, 2.45) is 11.1 Å². The van der Waals surface area contributed by atoms with Crippen molar-refractivity contribution in [1.29, 1.82) is 0 Å². The molecule has 82 valence electrons. The second-order valence-corrected chi connectivity index (χ2v) is 4.19. The molecule has 1 saturated carbocycles. The predicted octanol–water partition coefficient (Wildman–Crippen LogP) is 0.0732. The monoisotopic (exact) mass is 208 g/mol. The van der Waals surface area contributed by atoms with Gasteiger partial charge in [-0.1, -0.05) is 0 Å². The van der Waals surface area contributed by atoms with Gasteiger partial charge < -0.3 is 11.1 Å². The molecule has 0 atom stereocenters. The number of nitrogens with two attached hydrogens (primary N) is 1. The fraction of sp³-hybridized carbons (Fsp3) is 0.600. The summed E-state index contributed by atoms with van der Waals surface area (Å²) in [4.78, 5) is 11.7. The number of carbonyl (C=O) groups excluding carboxylic acids is 1. The van der Waals surface area contributed by atoms with E-state index in [4.69, 9.17) is 5.73 Å². The van der Waals surface area contributed by atoms with E-state index in [0.717, 1.165) is 24.1 Å². The van der Waals surface area contributed by atoms with E-state index >= 15 is 0 Å². The first-order valence-corrected chi connectivity index (χ1v) is 5.15. The Bertz CT molecular complexity index is 367. The molecule has 4 N–H and O–H groups in total. The summed E-state index contributed by atoms with van der Waals surface area (Å²) >= 11 is 0. The summed E-state index contributed by atoms with van der Waals surface area (Å²) in [6.07, 6.45) is 3.57. The molecule has 0 saturated heterocycles. The van der Waals surface area contributed by atoms with Gasteiger partial charge in [0.05, 0.1) is 11.6 Å². The number of hydrogen-bond donors (Lipinski definition) is 3. The van der Waals surface area contributed by atoms with E-state index in [1.807, 2.05) is 6.92 Å². The lowest BCUT2D eigenvalue weighted by molar-refractivity contribution is -0.126. The van der Waals surface area contributed by atoms with Gasteiger partial charge in [-0.05, 0) is 19.8 Å². The van der Waals surface area contributed by atoms with Crippen molar-refractivity contribution < 1.29 is 4.79 Å². The van der Waals surface area contributed by atoms with Gasteiger partial charge in [-0.2, -0.15) is 5.10 Å². The summed E-state index contributed by atoms with van der Waals surface area (Å²) in [5, 5.41) is 9.63. The third-order valence-electron chi connectivity index (χ3n) is 3.10. The minimum atomic E-state index is -0.266. The first-order valence-electron chi connectivity index (χ1n) is 5.15. The Kier molecular flexibility index (Phi) is 2.48. The van der Waals surface area contributed by atoms with Crippen molar-refractivity contribution in [3.05, 3.63) is 17.5 Å². The van der Waals surface area contributed by atoms with Crippen LogP contribution in [0.15, 0.2) is 6.20 Å². The molecule has 2 rings (SSSR count). The van der Waals surface area contributed by atoms with Crippen LogP contribution in [0.2, 0.25) is 0 Å². The lowest BCUT2D eigenvalue weighted by Crippen LogP contribution is -2.36. The highest BCUT2D eigenvalue weighted by Crippen LogP contribution is 2.44. The van der Waals surface area contributed by atoms with E-state index in [-0.39, 0.29) is 11.3 Å². The van der Waals surface area contributed by atoms with Gasteiger partial charge in [-0.25, -0.2) is 0 Å². The Morgan fingerprint density at radius 3 is 2.93 bits per heavy atom. The average molecular weight is 208 g/mol. The molecule has 1 aliphatic rings. The van der Waals surface area contributed by atoms with Crippen LogP contribution in [0.1, 0.15) is 24.1 Å². The molecule has 1 amide bonds. The standard InChI is InChI=1S/C10H16N4O/c1-7-8(5-13-14-7)4-12-9(15)10(6-11)2-3-10/h5H,2-4,6,11H2,1H3,(H,12,15)(H,13,14). The van der Waals surface area contributed by atoms with Crippen molar-refractivity contribution in [3.63, 3.8) is 0 Å². The van der Waals surface area contributed by atoms with Crippen LogP contribution in [0, 0.1) is 12.3 Å². The lowest BCUT2D eigenvalue weighted by atomic mass is 10.1. The summed E-state index contributed by atoms with van der Waals surface area (Å²) < 4.78 is 0. The van der Waals surface area contributed by atoms with Crippen molar-refractivity contribution in [2.75, 3.05) is 6.54 Å². The molecule has 0 spiro atoms. The smallest absolute Gasteiger partial charge is 0.227 e. The summed E-state index contributed by atoms with van der Waals surface area (Å²) in [7, 11) is 0. The van der Waals surface area contributed by atoms with Gasteiger partial charge in [0.2, 0.25) is 5.91 Å². The molecular formula is C10H16N4O. The van der Waals surface area contributed by atoms with Crippen LogP contribution in [0.4, 0.5) is 0 Å². The normalized spacial score (nSPS) is 17.5. The topological polar surface area (TPSA) is 83.8 Å². The zero-order chi connectivity index (χ0) is 10.9. The van der Waals surface area contributed by atoms with Gasteiger partial charge >= 0.3 is 0 Å². The van der Waals surface area contributed by atoms with E-state index in [9.17, 15) is 4.79 Å². The summed E-state index contributed by atoms with van der Waals surface area (Å²) in [5.41, 5.74) is 7.32. The third-order valence-corrected chi connectivity index (χ3v) is 3.10. The van der Waals surface area contributed by atoms with Gasteiger partial charge in [0, 0.05) is 24.3 Å². The number of aromatic nitrogens is 2. The van der Waals surface area contributed by atoms with Gasteiger partial charge in [0.1, 0.15) is 0 Å². The Morgan fingerprint density at radius 1 is 1.73 bits per heavy atom. The molecule has 5 nitrogen and oxygen atoms in total. The number of H-pyrrole nitrogens is 1. The van der Waals surface area contributed by atoms with E-state index in [2.05, 4.69) is 15.5 Å². The molecular weight excluding hydrogens is 192 g/mol. The van der Waals surface area contributed by atoms with E-state index in [1.165, 1.54) is 0 Å². The Labute approximate surface area is 88.4 Å². The van der Waals surface area contributed by atoms with Crippen LogP contribution in [-0.4, -0.2) is 22.6 Å². The maximum absolute atomic E-state index is 11.7. The minimum absolute atomic E-state index is 0.0746. The van der Waals surface area contributed by atoms with Gasteiger partial charge in [0.15, 0.2) is 0 Å². The number of rotatable bonds is 4. The second-order valence-electron chi connectivity index (χ2n) is 4.19. The first kappa shape index (κ1) is 10.2. The maximum atomic E-state index is 11.7. The average Bonchev–Trinajstić information content (AvgIpc) is 2.94. The third kappa shape index (κ3) is 1.87. The number of hydrogen-bond acceptors (Lipinski definition) is 3. The number of aryl methyl sites for hydroxylation is 1. The van der Waals surface area contributed by atoms with E-state index in [0.29, 0.717) is 13.1 Å². The van der Waals surface area contributed by atoms with Crippen molar-refractivity contribution in [1.82, 2.24) is 15.5 Å². The van der Waals surface area contributed by atoms with Crippen LogP contribution in [-0.2, 0) is 11.3 Å². The SMILES string of the molecule is Cc1[nH]ncc1CNC(=O)C1(CN)CC1. The fourth-order valence-electron chi connectivity index (χ4n) is 1.59. The van der Waals surface area contributed by atoms with Gasteiger partial charge in [-0.3, -0.25) is 9.89 Å². The van der Waals surface area contributed by atoms with E-state index in [1.54, 1.807) is 6.20 Å². The van der Waals surface area contributed by atoms with Crippen LogP contribution < -0.4 is 11.1 Å². The van der Waals surface area contributed by atoms with Crippen LogP contribution in [0.5, 0.6) is 0 Å². The molecule has 15 heavy (non-hydrogen) atoms. The molecule has 1 fully saturated rings. The van der Waals surface area contributed by atoms with Crippen LogP contribution in [0.25, 0.3) is 0 Å². The zero-order valence-corrected chi connectivity index (χ0v) is 8.84. The highest BCUT2D eigenvalue weighted by atomic mass is 16.2. The molecule has 0 unspecified atom stereocenters. The number of nitrogens with one attached hydrogen (secondary N) is 2. The minimum Gasteiger partial charge on any atom is -0.351 e. The fourth-order valence-corrected chi connectivity index (χ4v) is 1.59. The van der Waals surface area contributed by atoms with Crippen molar-refractivity contribution >= 4 is 5.91 Å². The van der Waals surface area contributed by atoms with Gasteiger partial charge in [0.25, 0.3) is 0 Å². The molecule has 1 heterocycles. The molecule has 0 radical (unpaired) electrons. The summed E-state index contributed by atoms with van der Waals surface area (Å²) in [6.45, 7) is 2.91. The number of amides is 1. The molecule has 0 bridgehead atoms. The zero-order valence-electron chi connectivity index (χ0n) is 8.84. The highest BCUT2D eigenvalue weighted by molar-refractivity contribution is 5.85. The Morgan fingerprint density at radius 2 is 2.47 bits per heavy atom. The summed E-state index contributed by atoms with van der Waals surface area (Å²) in [5.74, 6) is 0.0746. The van der Waals surface area contributed by atoms with E-state index < -0.39 is 0 Å². The second kappa shape index (κ2) is 3.66. The molecule has 1 aromatic rings. The molecule has 5 heteroatoms. The molecule has 0 aromatic carbocycles. The maximum Gasteiger partial charge on any atom is 0.227 e. The first-order chi connectivity index (χ1) is 7.18. The highest BCUT2D eigenvalue weighted by Gasteiger charge is 2.48. The van der Waals surface area contributed by atoms with Crippen molar-refractivity contribution in [3.8, 4) is 0 Å². The number of aromatic amines is 1. The lowest BCUT2D eigenvalue weighted by Gasteiger charge is -2.12.